The highest BCUT2D eigenvalue weighted by atomic mass is 28.3. The molecule has 0 amide bonds. The fourth-order valence-electron chi connectivity index (χ4n) is 9.89. The molecule has 0 fully saturated rings. The number of nitrogens with zero attached hydrogens (tertiary/aromatic N) is 2. The Morgan fingerprint density at radius 3 is 1.52 bits per heavy atom. The van der Waals surface area contributed by atoms with E-state index in [1.165, 1.54) is 53.3 Å². The second-order valence-corrected chi connectivity index (χ2v) is 19.0. The van der Waals surface area contributed by atoms with Crippen molar-refractivity contribution >= 4 is 94.4 Å². The Morgan fingerprint density at radius 2 is 0.845 bits per heavy atom. The Morgan fingerprint density at radius 1 is 0.345 bits per heavy atom. The van der Waals surface area contributed by atoms with Gasteiger partial charge < -0.3 is 13.6 Å². The third kappa shape index (κ3) is 4.61. The van der Waals surface area contributed by atoms with Gasteiger partial charge in [-0.25, -0.2) is 0 Å². The normalized spacial score (nSPS) is 12.1. The van der Waals surface area contributed by atoms with Crippen LogP contribution in [-0.2, 0) is 0 Å². The maximum Gasteiger partial charge on any atom is 0.181 e. The molecule has 272 valence electrons. The van der Waals surface area contributed by atoms with Crippen LogP contribution in [0.5, 0.6) is 0 Å². The summed E-state index contributed by atoms with van der Waals surface area (Å²) in [7, 11) is -2.92. The van der Waals surface area contributed by atoms with Gasteiger partial charge in [0.1, 0.15) is 5.58 Å². The number of fused-ring (bicyclic) bond motifs is 9. The molecule has 0 saturated carbocycles. The maximum atomic E-state index is 6.68. The third-order valence-electron chi connectivity index (χ3n) is 12.3. The van der Waals surface area contributed by atoms with Crippen LogP contribution >= 0.6 is 0 Å². The Balaban J connectivity index is 1.22. The standard InChI is InChI=1S/C54H36N2OSi/c1-4-18-38(19-5-1)58(39-20-6-2-7-21-39,40-22-8-3-9-23-40)52-33-17-27-45-42-25-11-13-29-47(42)55(53(45)52)37-34-35-43-41-24-10-14-30-48(41)56(50(43)36-37)49-31-16-28-46-44-26-12-15-32-51(44)57-54(46)49/h1-36H. The topological polar surface area (TPSA) is 23.0 Å². The first-order valence-electron chi connectivity index (χ1n) is 19.9. The summed E-state index contributed by atoms with van der Waals surface area (Å²) >= 11 is 0. The second kappa shape index (κ2) is 12.8. The number of benzene rings is 9. The molecule has 12 rings (SSSR count). The molecule has 3 nitrogen and oxygen atoms in total. The van der Waals surface area contributed by atoms with E-state index in [4.69, 9.17) is 4.42 Å². The fraction of sp³-hybridized carbons (Fsp3) is 0. The highest BCUT2D eigenvalue weighted by Gasteiger charge is 2.43. The van der Waals surface area contributed by atoms with E-state index in [9.17, 15) is 0 Å². The average molecular weight is 757 g/mol. The first kappa shape index (κ1) is 32.8. The maximum absolute atomic E-state index is 6.68. The summed E-state index contributed by atoms with van der Waals surface area (Å²) in [5, 5.41) is 12.6. The van der Waals surface area contributed by atoms with Crippen LogP contribution in [0.2, 0.25) is 0 Å². The Labute approximate surface area is 336 Å². The van der Waals surface area contributed by atoms with Crippen molar-refractivity contribution in [3.63, 3.8) is 0 Å². The van der Waals surface area contributed by atoms with Crippen LogP contribution in [0.3, 0.4) is 0 Å². The van der Waals surface area contributed by atoms with Gasteiger partial charge in [0, 0.05) is 38.0 Å². The Hall–Kier alpha value is -7.40. The monoisotopic (exact) mass is 756 g/mol. The van der Waals surface area contributed by atoms with E-state index in [2.05, 4.69) is 221 Å². The van der Waals surface area contributed by atoms with Crippen LogP contribution in [-0.4, -0.2) is 17.2 Å². The number of para-hydroxylation sites is 5. The number of furan rings is 1. The van der Waals surface area contributed by atoms with E-state index in [0.717, 1.165) is 44.3 Å². The molecule has 0 atom stereocenters. The first-order valence-corrected chi connectivity index (χ1v) is 21.9. The van der Waals surface area contributed by atoms with Crippen molar-refractivity contribution in [1.82, 2.24) is 9.13 Å². The number of rotatable bonds is 6. The van der Waals surface area contributed by atoms with Crippen molar-refractivity contribution in [1.29, 1.82) is 0 Å². The van der Waals surface area contributed by atoms with Crippen LogP contribution in [0.25, 0.3) is 76.9 Å². The lowest BCUT2D eigenvalue weighted by atomic mass is 10.1. The molecule has 4 heteroatoms. The minimum absolute atomic E-state index is 0.889. The van der Waals surface area contributed by atoms with Crippen LogP contribution in [0.1, 0.15) is 0 Å². The molecule has 9 aromatic carbocycles. The molecule has 0 aliphatic heterocycles. The highest BCUT2D eigenvalue weighted by molar-refractivity contribution is 7.20. The Bertz CT molecular complexity index is 3410. The predicted molar refractivity (Wildman–Crippen MR) is 246 cm³/mol. The predicted octanol–water partition coefficient (Wildman–Crippen LogP) is 11.2. The summed E-state index contributed by atoms with van der Waals surface area (Å²) < 4.78 is 11.6. The molecular weight excluding hydrogens is 721 g/mol. The van der Waals surface area contributed by atoms with E-state index in [1.54, 1.807) is 0 Å². The molecule has 0 unspecified atom stereocenters. The molecule has 0 radical (unpaired) electrons. The summed E-state index contributed by atoms with van der Waals surface area (Å²) in [6, 6.07) is 80.3. The molecule has 12 aromatic rings. The van der Waals surface area contributed by atoms with Crippen molar-refractivity contribution in [2.24, 2.45) is 0 Å². The molecule has 0 aliphatic carbocycles. The Kier molecular flexibility index (Phi) is 7.25. The molecule has 0 aliphatic rings. The fourth-order valence-corrected chi connectivity index (χ4v) is 14.8. The molecule has 3 aromatic heterocycles. The highest BCUT2D eigenvalue weighted by Crippen LogP contribution is 2.40. The van der Waals surface area contributed by atoms with Gasteiger partial charge in [-0.1, -0.05) is 182 Å². The summed E-state index contributed by atoms with van der Waals surface area (Å²) in [4.78, 5) is 0. The van der Waals surface area contributed by atoms with Crippen molar-refractivity contribution in [3.05, 3.63) is 218 Å². The van der Waals surface area contributed by atoms with Gasteiger partial charge in [-0.3, -0.25) is 0 Å². The van der Waals surface area contributed by atoms with Gasteiger partial charge in [0.2, 0.25) is 0 Å². The lowest BCUT2D eigenvalue weighted by Gasteiger charge is -2.35. The van der Waals surface area contributed by atoms with Gasteiger partial charge in [-0.2, -0.15) is 0 Å². The third-order valence-corrected chi connectivity index (χ3v) is 17.1. The molecular formula is C54H36N2OSi. The van der Waals surface area contributed by atoms with Gasteiger partial charge in [0.05, 0.1) is 27.8 Å². The van der Waals surface area contributed by atoms with E-state index in [1.807, 2.05) is 6.07 Å². The van der Waals surface area contributed by atoms with E-state index in [-0.39, 0.29) is 0 Å². The molecule has 0 bridgehead atoms. The van der Waals surface area contributed by atoms with Gasteiger partial charge in [0.25, 0.3) is 0 Å². The molecule has 3 heterocycles. The minimum atomic E-state index is -2.92. The van der Waals surface area contributed by atoms with E-state index >= 15 is 0 Å². The average Bonchev–Trinajstić information content (AvgIpc) is 3.96. The van der Waals surface area contributed by atoms with Crippen molar-refractivity contribution in [2.45, 2.75) is 0 Å². The summed E-state index contributed by atoms with van der Waals surface area (Å²) in [5.41, 5.74) is 8.64. The van der Waals surface area contributed by atoms with Gasteiger partial charge in [0.15, 0.2) is 13.7 Å². The minimum Gasteiger partial charge on any atom is -0.454 e. The second-order valence-electron chi connectivity index (χ2n) is 15.2. The van der Waals surface area contributed by atoms with E-state index in [0.29, 0.717) is 0 Å². The van der Waals surface area contributed by atoms with Gasteiger partial charge in [-0.15, -0.1) is 0 Å². The first-order chi connectivity index (χ1) is 28.8. The molecule has 0 saturated heterocycles. The lowest BCUT2D eigenvalue weighted by Crippen LogP contribution is -2.75. The zero-order valence-electron chi connectivity index (χ0n) is 31.6. The van der Waals surface area contributed by atoms with Crippen molar-refractivity contribution in [2.75, 3.05) is 0 Å². The SMILES string of the molecule is c1ccc([Si](c2ccccc2)(c2ccccc2)c2cccc3c4ccccc4n(-c4ccc5c6ccccc6n(-c6cccc7c6oc6ccccc67)c5c4)c23)cc1. The summed E-state index contributed by atoms with van der Waals surface area (Å²) in [6.45, 7) is 0. The molecule has 0 N–H and O–H groups in total. The number of aromatic nitrogens is 2. The van der Waals surface area contributed by atoms with Gasteiger partial charge in [-0.05, 0) is 57.1 Å². The summed E-state index contributed by atoms with van der Waals surface area (Å²) in [5.74, 6) is 0. The van der Waals surface area contributed by atoms with Crippen molar-refractivity contribution < 1.29 is 4.42 Å². The van der Waals surface area contributed by atoms with Gasteiger partial charge >= 0.3 is 0 Å². The molecule has 58 heavy (non-hydrogen) atoms. The van der Waals surface area contributed by atoms with E-state index < -0.39 is 8.07 Å². The zero-order valence-corrected chi connectivity index (χ0v) is 32.6. The van der Waals surface area contributed by atoms with Crippen molar-refractivity contribution in [3.8, 4) is 11.4 Å². The molecule has 0 spiro atoms. The van der Waals surface area contributed by atoms with Crippen LogP contribution in [0.4, 0.5) is 0 Å². The summed E-state index contributed by atoms with van der Waals surface area (Å²) in [6.07, 6.45) is 0. The smallest absolute Gasteiger partial charge is 0.181 e. The lowest BCUT2D eigenvalue weighted by molar-refractivity contribution is 0.666. The van der Waals surface area contributed by atoms with Crippen LogP contribution in [0, 0.1) is 0 Å². The van der Waals surface area contributed by atoms with Crippen LogP contribution in [0.15, 0.2) is 223 Å². The largest absolute Gasteiger partial charge is 0.454 e. The quantitative estimate of drug-likeness (QED) is 0.122. The number of hydrogen-bond acceptors (Lipinski definition) is 1. The number of hydrogen-bond donors (Lipinski definition) is 0. The zero-order chi connectivity index (χ0) is 38.2. The van der Waals surface area contributed by atoms with Crippen LogP contribution < -0.4 is 20.7 Å².